The van der Waals surface area contributed by atoms with Gasteiger partial charge in [-0.3, -0.25) is 19.7 Å². The van der Waals surface area contributed by atoms with E-state index in [9.17, 15) is 19.7 Å². The molecular formula is C9H8ClN3O4. The first-order chi connectivity index (χ1) is 7.91. The molecule has 0 saturated carbocycles. The third-order valence-corrected chi connectivity index (χ3v) is 1.92. The van der Waals surface area contributed by atoms with Crippen molar-refractivity contribution in [2.45, 2.75) is 0 Å². The Morgan fingerprint density at radius 2 is 2.29 bits per heavy atom. The number of rotatable bonds is 4. The smallest absolute Gasteiger partial charge is 0.286 e. The van der Waals surface area contributed by atoms with Gasteiger partial charge < -0.3 is 10.3 Å². The van der Waals surface area contributed by atoms with Crippen LogP contribution in [-0.2, 0) is 0 Å². The monoisotopic (exact) mass is 257 g/mol. The molecule has 2 N–H and O–H groups in total. The van der Waals surface area contributed by atoms with E-state index in [4.69, 9.17) is 11.6 Å². The standard InChI is InChI=1S/C9H8ClN3O4/c1-5(10)3-11-8(14)7-2-6(13(16)17)4-12-9(7)15/h2,4H,1,3H2,(H,11,14)(H,12,15). The number of nitrogens with one attached hydrogen (secondary N) is 2. The number of amides is 1. The molecule has 0 radical (unpaired) electrons. The van der Waals surface area contributed by atoms with Crippen LogP contribution in [0.5, 0.6) is 0 Å². The van der Waals surface area contributed by atoms with Crippen molar-refractivity contribution < 1.29 is 9.72 Å². The Hall–Kier alpha value is -2.15. The fourth-order valence-electron chi connectivity index (χ4n) is 1.02. The SMILES string of the molecule is C=C(Cl)CNC(=O)c1cc([N+](=O)[O-])c[nH]c1=O. The van der Waals surface area contributed by atoms with Crippen LogP contribution in [0.2, 0.25) is 0 Å². The molecule has 1 heterocycles. The molecule has 1 amide bonds. The third-order valence-electron chi connectivity index (χ3n) is 1.78. The van der Waals surface area contributed by atoms with Crippen LogP contribution in [0.25, 0.3) is 0 Å². The van der Waals surface area contributed by atoms with Gasteiger partial charge in [-0.2, -0.15) is 0 Å². The van der Waals surface area contributed by atoms with Crippen LogP contribution in [-0.4, -0.2) is 22.4 Å². The number of hydrogen-bond acceptors (Lipinski definition) is 4. The van der Waals surface area contributed by atoms with Gasteiger partial charge in [0.15, 0.2) is 0 Å². The van der Waals surface area contributed by atoms with Gasteiger partial charge in [-0.25, -0.2) is 0 Å². The highest BCUT2D eigenvalue weighted by atomic mass is 35.5. The molecule has 1 aromatic rings. The van der Waals surface area contributed by atoms with Crippen molar-refractivity contribution >= 4 is 23.2 Å². The summed E-state index contributed by atoms with van der Waals surface area (Å²) < 4.78 is 0. The minimum Gasteiger partial charge on any atom is -0.347 e. The van der Waals surface area contributed by atoms with Gasteiger partial charge in [-0.1, -0.05) is 18.2 Å². The average molecular weight is 258 g/mol. The number of pyridine rings is 1. The number of hydrogen-bond donors (Lipinski definition) is 2. The zero-order valence-corrected chi connectivity index (χ0v) is 9.28. The fourth-order valence-corrected chi connectivity index (χ4v) is 1.08. The number of H-pyrrole nitrogens is 1. The zero-order chi connectivity index (χ0) is 13.0. The highest BCUT2D eigenvalue weighted by molar-refractivity contribution is 6.29. The Balaban J connectivity index is 3.00. The molecule has 0 aliphatic carbocycles. The second-order valence-electron chi connectivity index (χ2n) is 3.06. The summed E-state index contributed by atoms with van der Waals surface area (Å²) in [5.74, 6) is -0.753. The van der Waals surface area contributed by atoms with Gasteiger partial charge in [0, 0.05) is 11.1 Å². The summed E-state index contributed by atoms with van der Waals surface area (Å²) in [5.41, 5.74) is -1.44. The summed E-state index contributed by atoms with van der Waals surface area (Å²) in [6.07, 6.45) is 0.916. The van der Waals surface area contributed by atoms with Gasteiger partial charge in [0.1, 0.15) is 5.56 Å². The first-order valence-electron chi connectivity index (χ1n) is 4.40. The lowest BCUT2D eigenvalue weighted by Crippen LogP contribution is -2.30. The lowest BCUT2D eigenvalue weighted by Gasteiger charge is -2.02. The van der Waals surface area contributed by atoms with Gasteiger partial charge in [0.25, 0.3) is 17.2 Å². The normalized spacial score (nSPS) is 9.71. The second-order valence-corrected chi connectivity index (χ2v) is 3.59. The van der Waals surface area contributed by atoms with E-state index in [0.29, 0.717) is 0 Å². The van der Waals surface area contributed by atoms with E-state index in [1.807, 2.05) is 0 Å². The number of halogens is 1. The van der Waals surface area contributed by atoms with E-state index >= 15 is 0 Å². The van der Waals surface area contributed by atoms with Crippen molar-refractivity contribution in [2.24, 2.45) is 0 Å². The number of aromatic amines is 1. The quantitative estimate of drug-likeness (QED) is 0.614. The summed E-state index contributed by atoms with van der Waals surface area (Å²) >= 11 is 5.43. The van der Waals surface area contributed by atoms with Crippen LogP contribution < -0.4 is 10.9 Å². The first kappa shape index (κ1) is 12.9. The van der Waals surface area contributed by atoms with E-state index in [1.54, 1.807) is 0 Å². The molecule has 1 aromatic heterocycles. The maximum Gasteiger partial charge on any atom is 0.286 e. The lowest BCUT2D eigenvalue weighted by molar-refractivity contribution is -0.385. The molecule has 0 saturated heterocycles. The van der Waals surface area contributed by atoms with Gasteiger partial charge in [-0.05, 0) is 0 Å². The predicted molar refractivity (Wildman–Crippen MR) is 61.0 cm³/mol. The maximum atomic E-state index is 11.5. The molecule has 17 heavy (non-hydrogen) atoms. The first-order valence-corrected chi connectivity index (χ1v) is 4.78. The van der Waals surface area contributed by atoms with Crippen LogP contribution in [0.4, 0.5) is 5.69 Å². The predicted octanol–water partition coefficient (Wildman–Crippen LogP) is 0.765. The number of nitrogens with zero attached hydrogens (tertiary/aromatic N) is 1. The van der Waals surface area contributed by atoms with Crippen LogP contribution in [0.3, 0.4) is 0 Å². The molecule has 0 fully saturated rings. The van der Waals surface area contributed by atoms with Crippen molar-refractivity contribution in [2.75, 3.05) is 6.54 Å². The van der Waals surface area contributed by atoms with E-state index < -0.39 is 16.4 Å². The van der Waals surface area contributed by atoms with Gasteiger partial charge >= 0.3 is 0 Å². The summed E-state index contributed by atoms with van der Waals surface area (Å²) in [4.78, 5) is 34.6. The molecule has 7 nitrogen and oxygen atoms in total. The molecule has 0 unspecified atom stereocenters. The maximum absolute atomic E-state index is 11.5. The Labute approximate surface area is 100 Å². The molecule has 0 aliphatic heterocycles. The topological polar surface area (TPSA) is 105 Å². The van der Waals surface area contributed by atoms with Crippen LogP contribution in [0.1, 0.15) is 10.4 Å². The molecule has 0 spiro atoms. The van der Waals surface area contributed by atoms with Crippen molar-refractivity contribution in [1.29, 1.82) is 0 Å². The average Bonchev–Trinajstić information content (AvgIpc) is 2.26. The minimum absolute atomic E-state index is 0.0253. The van der Waals surface area contributed by atoms with Gasteiger partial charge in [0.2, 0.25) is 0 Å². The number of carbonyl (C=O) groups is 1. The Kier molecular flexibility index (Phi) is 4.00. The van der Waals surface area contributed by atoms with Gasteiger partial charge in [-0.15, -0.1) is 0 Å². The zero-order valence-electron chi connectivity index (χ0n) is 8.53. The summed E-state index contributed by atoms with van der Waals surface area (Å²) in [6.45, 7) is 3.32. The van der Waals surface area contributed by atoms with Gasteiger partial charge in [0.05, 0.1) is 17.7 Å². The van der Waals surface area contributed by atoms with Crippen molar-refractivity contribution in [1.82, 2.24) is 10.3 Å². The number of aromatic nitrogens is 1. The molecule has 1 rings (SSSR count). The Morgan fingerprint density at radius 3 is 2.82 bits per heavy atom. The molecule has 0 aliphatic rings. The summed E-state index contributed by atoms with van der Waals surface area (Å²) in [7, 11) is 0. The van der Waals surface area contributed by atoms with Crippen LogP contribution in [0, 0.1) is 10.1 Å². The number of nitro groups is 1. The molecular weight excluding hydrogens is 250 g/mol. The van der Waals surface area contributed by atoms with Crippen molar-refractivity contribution in [3.05, 3.63) is 49.9 Å². The summed E-state index contributed by atoms with van der Waals surface area (Å²) in [5, 5.41) is 12.9. The van der Waals surface area contributed by atoms with E-state index in [1.165, 1.54) is 0 Å². The minimum atomic E-state index is -0.753. The fraction of sp³-hybridized carbons (Fsp3) is 0.111. The Bertz CT molecular complexity index is 537. The molecule has 90 valence electrons. The highest BCUT2D eigenvalue weighted by Gasteiger charge is 2.15. The van der Waals surface area contributed by atoms with E-state index in [2.05, 4.69) is 16.9 Å². The second kappa shape index (κ2) is 5.26. The Morgan fingerprint density at radius 1 is 1.65 bits per heavy atom. The highest BCUT2D eigenvalue weighted by Crippen LogP contribution is 2.08. The van der Waals surface area contributed by atoms with E-state index in [0.717, 1.165) is 12.3 Å². The van der Waals surface area contributed by atoms with Crippen LogP contribution in [0.15, 0.2) is 28.7 Å². The van der Waals surface area contributed by atoms with Crippen LogP contribution >= 0.6 is 11.6 Å². The molecule has 0 aromatic carbocycles. The molecule has 8 heteroatoms. The largest absolute Gasteiger partial charge is 0.347 e. The summed E-state index contributed by atoms with van der Waals surface area (Å²) in [6, 6.07) is 0.894. The number of carbonyl (C=O) groups excluding carboxylic acids is 1. The molecule has 0 bridgehead atoms. The van der Waals surface area contributed by atoms with E-state index in [-0.39, 0.29) is 22.8 Å². The molecule has 0 atom stereocenters. The van der Waals surface area contributed by atoms with Crippen molar-refractivity contribution in [3.8, 4) is 0 Å². The third kappa shape index (κ3) is 3.42. The van der Waals surface area contributed by atoms with Crippen molar-refractivity contribution in [3.63, 3.8) is 0 Å². The lowest BCUT2D eigenvalue weighted by atomic mass is 10.2.